The molecule has 1 N–H and O–H groups in total. The molecule has 0 spiro atoms. The normalized spacial score (nSPS) is 12.4. The lowest BCUT2D eigenvalue weighted by Crippen LogP contribution is -2.32. The van der Waals surface area contributed by atoms with E-state index in [2.05, 4.69) is 21.2 Å². The Morgan fingerprint density at radius 3 is 2.24 bits per heavy atom. The average molecular weight is 426 g/mol. The highest BCUT2D eigenvalue weighted by atomic mass is 79.9. The Morgan fingerprint density at radius 2 is 1.72 bits per heavy atom. The van der Waals surface area contributed by atoms with Crippen molar-refractivity contribution in [1.29, 1.82) is 0 Å². The van der Waals surface area contributed by atoms with Gasteiger partial charge in [-0.25, -0.2) is 8.42 Å². The predicted molar refractivity (Wildman–Crippen MR) is 100 cm³/mol. The first kappa shape index (κ1) is 19.5. The van der Waals surface area contributed by atoms with Crippen molar-refractivity contribution in [2.24, 2.45) is 0 Å². The summed E-state index contributed by atoms with van der Waals surface area (Å²) < 4.78 is 29.4. The van der Waals surface area contributed by atoms with Gasteiger partial charge in [-0.1, -0.05) is 35.0 Å². The van der Waals surface area contributed by atoms with Crippen LogP contribution in [0.5, 0.6) is 5.75 Å². The van der Waals surface area contributed by atoms with Crippen molar-refractivity contribution in [2.45, 2.75) is 24.3 Å². The number of rotatable bonds is 7. The first-order valence-electron chi connectivity index (χ1n) is 7.77. The number of carbonyl (C=O) groups is 1. The topological polar surface area (TPSA) is 72.5 Å². The molecule has 0 aromatic heterocycles. The molecule has 0 unspecified atom stereocenters. The summed E-state index contributed by atoms with van der Waals surface area (Å²) >= 11 is 3.34. The van der Waals surface area contributed by atoms with Crippen LogP contribution in [0, 0.1) is 0 Å². The van der Waals surface area contributed by atoms with Crippen LogP contribution in [-0.2, 0) is 14.6 Å². The number of ether oxygens (including phenoxy) is 1. The minimum atomic E-state index is -3.23. The summed E-state index contributed by atoms with van der Waals surface area (Å²) in [4.78, 5) is 12.4. The fraction of sp³-hybridized carbons (Fsp3) is 0.278. The minimum Gasteiger partial charge on any atom is -0.484 e. The molecule has 0 heterocycles. The highest BCUT2D eigenvalue weighted by Crippen LogP contribution is 2.19. The molecule has 0 saturated heterocycles. The average Bonchev–Trinajstić information content (AvgIpc) is 2.58. The van der Waals surface area contributed by atoms with Crippen molar-refractivity contribution in [2.75, 3.05) is 12.9 Å². The van der Waals surface area contributed by atoms with Crippen molar-refractivity contribution >= 4 is 31.7 Å². The molecule has 5 nitrogen and oxygen atoms in total. The van der Waals surface area contributed by atoms with Gasteiger partial charge in [0.05, 0.1) is 10.9 Å². The molecule has 0 radical (unpaired) electrons. The van der Waals surface area contributed by atoms with Gasteiger partial charge in [0.2, 0.25) is 0 Å². The Labute approximate surface area is 156 Å². The first-order valence-corrected chi connectivity index (χ1v) is 10.5. The third kappa shape index (κ3) is 5.86. The molecule has 0 aliphatic rings. The second-order valence-electron chi connectivity index (χ2n) is 5.61. The van der Waals surface area contributed by atoms with E-state index >= 15 is 0 Å². The van der Waals surface area contributed by atoms with Gasteiger partial charge in [0.15, 0.2) is 16.4 Å². The zero-order chi connectivity index (χ0) is 18.4. The van der Waals surface area contributed by atoms with Gasteiger partial charge in [0.1, 0.15) is 5.75 Å². The molecule has 0 aliphatic heterocycles. The molecule has 0 saturated carbocycles. The van der Waals surface area contributed by atoms with E-state index in [0.717, 1.165) is 10.0 Å². The van der Waals surface area contributed by atoms with Crippen molar-refractivity contribution < 1.29 is 17.9 Å². The maximum atomic E-state index is 12.1. The Morgan fingerprint density at radius 1 is 1.12 bits per heavy atom. The quantitative estimate of drug-likeness (QED) is 0.736. The molecule has 2 rings (SSSR count). The van der Waals surface area contributed by atoms with Gasteiger partial charge < -0.3 is 10.1 Å². The standard InChI is InChI=1S/C18H20BrNO4S/c1-3-17(13-4-10-16(11-5-13)25(2,22)23)20-18(21)12-24-15-8-6-14(19)7-9-15/h4-11,17H,3,12H2,1-2H3,(H,20,21)/t17-/m0/s1. The predicted octanol–water partition coefficient (Wildman–Crippen LogP) is 3.50. The van der Waals surface area contributed by atoms with Gasteiger partial charge in [-0.05, 0) is 48.4 Å². The fourth-order valence-corrected chi connectivity index (χ4v) is 3.18. The maximum Gasteiger partial charge on any atom is 0.258 e. The van der Waals surface area contributed by atoms with Crippen molar-refractivity contribution in [1.82, 2.24) is 5.32 Å². The second-order valence-corrected chi connectivity index (χ2v) is 8.54. The van der Waals surface area contributed by atoms with Crippen LogP contribution in [0.15, 0.2) is 57.9 Å². The molecule has 0 fully saturated rings. The molecule has 2 aromatic carbocycles. The Hall–Kier alpha value is -1.86. The number of benzene rings is 2. The lowest BCUT2D eigenvalue weighted by Gasteiger charge is -2.18. The van der Waals surface area contributed by atoms with Crippen LogP contribution >= 0.6 is 15.9 Å². The Kier molecular flexibility index (Phi) is 6.61. The van der Waals surface area contributed by atoms with Gasteiger partial charge in [0.25, 0.3) is 5.91 Å². The highest BCUT2D eigenvalue weighted by Gasteiger charge is 2.14. The van der Waals surface area contributed by atoms with Crippen LogP contribution in [0.4, 0.5) is 0 Å². The van der Waals surface area contributed by atoms with E-state index in [1.54, 1.807) is 36.4 Å². The minimum absolute atomic E-state index is 0.0838. The first-order chi connectivity index (χ1) is 11.8. The fourth-order valence-electron chi connectivity index (χ4n) is 2.28. The lowest BCUT2D eigenvalue weighted by molar-refractivity contribution is -0.123. The zero-order valence-electron chi connectivity index (χ0n) is 14.0. The Balaban J connectivity index is 1.96. The van der Waals surface area contributed by atoms with Crippen molar-refractivity contribution in [3.05, 3.63) is 58.6 Å². The number of nitrogens with one attached hydrogen (secondary N) is 1. The van der Waals surface area contributed by atoms with Crippen LogP contribution in [0.3, 0.4) is 0 Å². The van der Waals surface area contributed by atoms with Crippen LogP contribution in [0.1, 0.15) is 24.9 Å². The van der Waals surface area contributed by atoms with E-state index in [1.165, 1.54) is 6.26 Å². The number of hydrogen-bond acceptors (Lipinski definition) is 4. The van der Waals surface area contributed by atoms with E-state index in [9.17, 15) is 13.2 Å². The highest BCUT2D eigenvalue weighted by molar-refractivity contribution is 9.10. The molecule has 1 atom stereocenters. The van der Waals surface area contributed by atoms with Gasteiger partial charge in [0, 0.05) is 10.7 Å². The Bertz CT molecular complexity index is 817. The van der Waals surface area contributed by atoms with Gasteiger partial charge in [-0.2, -0.15) is 0 Å². The smallest absolute Gasteiger partial charge is 0.258 e. The monoisotopic (exact) mass is 425 g/mol. The SMILES string of the molecule is CC[C@H](NC(=O)COc1ccc(Br)cc1)c1ccc(S(C)(=O)=O)cc1. The lowest BCUT2D eigenvalue weighted by atomic mass is 10.0. The number of halogens is 1. The third-order valence-electron chi connectivity index (χ3n) is 3.64. The summed E-state index contributed by atoms with van der Waals surface area (Å²) in [6.45, 7) is 1.87. The van der Waals surface area contributed by atoms with Gasteiger partial charge >= 0.3 is 0 Å². The molecular formula is C18H20BrNO4S. The van der Waals surface area contributed by atoms with E-state index in [0.29, 0.717) is 12.2 Å². The van der Waals surface area contributed by atoms with E-state index in [1.807, 2.05) is 19.1 Å². The van der Waals surface area contributed by atoms with E-state index in [4.69, 9.17) is 4.74 Å². The molecule has 134 valence electrons. The van der Waals surface area contributed by atoms with Crippen LogP contribution in [-0.4, -0.2) is 27.2 Å². The molecule has 1 amide bonds. The second kappa shape index (κ2) is 8.49. The maximum absolute atomic E-state index is 12.1. The molecule has 2 aromatic rings. The van der Waals surface area contributed by atoms with Crippen LogP contribution in [0.25, 0.3) is 0 Å². The summed E-state index contributed by atoms with van der Waals surface area (Å²) in [5, 5.41) is 2.90. The van der Waals surface area contributed by atoms with Crippen LogP contribution in [0.2, 0.25) is 0 Å². The number of sulfone groups is 1. The summed E-state index contributed by atoms with van der Waals surface area (Å²) in [6, 6.07) is 13.6. The van der Waals surface area contributed by atoms with Gasteiger partial charge in [-0.15, -0.1) is 0 Å². The molecule has 7 heteroatoms. The van der Waals surface area contributed by atoms with Crippen molar-refractivity contribution in [3.8, 4) is 5.75 Å². The molecular weight excluding hydrogens is 406 g/mol. The number of amides is 1. The van der Waals surface area contributed by atoms with E-state index in [-0.39, 0.29) is 23.5 Å². The zero-order valence-corrected chi connectivity index (χ0v) is 16.4. The number of hydrogen-bond donors (Lipinski definition) is 1. The number of carbonyl (C=O) groups excluding carboxylic acids is 1. The molecule has 25 heavy (non-hydrogen) atoms. The summed E-state index contributed by atoms with van der Waals surface area (Å²) in [5.41, 5.74) is 0.854. The van der Waals surface area contributed by atoms with Crippen molar-refractivity contribution in [3.63, 3.8) is 0 Å². The molecule has 0 bridgehead atoms. The van der Waals surface area contributed by atoms with E-state index < -0.39 is 9.84 Å². The third-order valence-corrected chi connectivity index (χ3v) is 5.29. The summed E-state index contributed by atoms with van der Waals surface area (Å²) in [6.07, 6.45) is 1.85. The largest absolute Gasteiger partial charge is 0.484 e. The summed E-state index contributed by atoms with van der Waals surface area (Å²) in [5.74, 6) is 0.380. The van der Waals surface area contributed by atoms with Gasteiger partial charge in [-0.3, -0.25) is 4.79 Å². The molecule has 0 aliphatic carbocycles. The summed E-state index contributed by atoms with van der Waals surface area (Å²) in [7, 11) is -3.23. The van der Waals surface area contributed by atoms with Crippen LogP contribution < -0.4 is 10.1 Å².